The maximum atomic E-state index is 11.4. The zero-order chi connectivity index (χ0) is 12.5. The van der Waals surface area contributed by atoms with Crippen molar-refractivity contribution in [3.63, 3.8) is 0 Å². The lowest BCUT2D eigenvalue weighted by Gasteiger charge is -2.19. The van der Waals surface area contributed by atoms with Gasteiger partial charge in [0.15, 0.2) is 0 Å². The molecule has 0 fully saturated rings. The second-order valence-corrected chi connectivity index (χ2v) is 3.75. The van der Waals surface area contributed by atoms with Crippen LogP contribution in [0, 0.1) is 0 Å². The highest BCUT2D eigenvalue weighted by atomic mass is 16.5. The minimum Gasteiger partial charge on any atom is -0.465 e. The number of benzene rings is 1. The van der Waals surface area contributed by atoms with E-state index in [0.717, 1.165) is 6.54 Å². The first-order valence-corrected chi connectivity index (χ1v) is 5.79. The number of rotatable bonds is 7. The van der Waals surface area contributed by atoms with Gasteiger partial charge in [-0.05, 0) is 12.5 Å². The summed E-state index contributed by atoms with van der Waals surface area (Å²) in [5.74, 6) is -0.190. The van der Waals surface area contributed by atoms with Gasteiger partial charge in [0.1, 0.15) is 0 Å². The second kappa shape index (κ2) is 7.63. The molecule has 92 valence electrons. The Labute approximate surface area is 103 Å². The Hall–Kier alpha value is -1.61. The molecule has 0 aliphatic rings. The lowest BCUT2D eigenvalue weighted by Crippen LogP contribution is -2.30. The first-order chi connectivity index (χ1) is 8.26. The molecule has 0 atom stereocenters. The molecule has 0 radical (unpaired) electrons. The van der Waals surface area contributed by atoms with Gasteiger partial charge >= 0.3 is 5.97 Å². The van der Waals surface area contributed by atoms with Crippen LogP contribution >= 0.6 is 0 Å². The minimum absolute atomic E-state index is 0.190. The third kappa shape index (κ3) is 5.31. The monoisotopic (exact) mass is 233 g/mol. The van der Waals surface area contributed by atoms with Crippen molar-refractivity contribution in [1.82, 2.24) is 4.90 Å². The molecule has 0 aliphatic carbocycles. The molecule has 17 heavy (non-hydrogen) atoms. The van der Waals surface area contributed by atoms with E-state index in [-0.39, 0.29) is 5.97 Å². The van der Waals surface area contributed by atoms with Crippen molar-refractivity contribution in [2.45, 2.75) is 13.5 Å². The van der Waals surface area contributed by atoms with E-state index < -0.39 is 0 Å². The number of hydrogen-bond donors (Lipinski definition) is 0. The largest absolute Gasteiger partial charge is 0.465 e. The van der Waals surface area contributed by atoms with E-state index in [4.69, 9.17) is 4.74 Å². The van der Waals surface area contributed by atoms with E-state index in [1.165, 1.54) is 5.56 Å². The fourth-order valence-corrected chi connectivity index (χ4v) is 1.60. The molecule has 0 unspecified atom stereocenters. The molecule has 1 rings (SSSR count). The van der Waals surface area contributed by atoms with Crippen molar-refractivity contribution >= 4 is 5.97 Å². The maximum absolute atomic E-state index is 11.4. The van der Waals surface area contributed by atoms with Crippen LogP contribution in [0.2, 0.25) is 0 Å². The molecular weight excluding hydrogens is 214 g/mol. The number of nitrogens with zero attached hydrogens (tertiary/aromatic N) is 1. The van der Waals surface area contributed by atoms with Crippen LogP contribution in [0.4, 0.5) is 0 Å². The standard InChI is InChI=1S/C14H19NO2/c1-3-10-15(12-14(16)17-4-2)11-13-8-6-5-7-9-13/h3,5-9H,1,4,10-12H2,2H3. The first-order valence-electron chi connectivity index (χ1n) is 5.79. The smallest absolute Gasteiger partial charge is 0.320 e. The van der Waals surface area contributed by atoms with E-state index >= 15 is 0 Å². The van der Waals surface area contributed by atoms with E-state index in [1.54, 1.807) is 6.08 Å². The summed E-state index contributed by atoms with van der Waals surface area (Å²) in [5.41, 5.74) is 1.18. The van der Waals surface area contributed by atoms with E-state index in [2.05, 4.69) is 6.58 Å². The molecule has 0 heterocycles. The summed E-state index contributed by atoms with van der Waals surface area (Å²) in [4.78, 5) is 13.4. The molecule has 3 nitrogen and oxygen atoms in total. The molecule has 0 amide bonds. The molecule has 1 aromatic rings. The van der Waals surface area contributed by atoms with Crippen LogP contribution in [0.25, 0.3) is 0 Å². The number of carbonyl (C=O) groups is 1. The SMILES string of the molecule is C=CCN(CC(=O)OCC)Cc1ccccc1. The van der Waals surface area contributed by atoms with Gasteiger partial charge < -0.3 is 4.74 Å². The Morgan fingerprint density at radius 3 is 2.71 bits per heavy atom. The molecule has 0 aliphatic heterocycles. The average molecular weight is 233 g/mol. The molecule has 0 saturated carbocycles. The number of ether oxygens (including phenoxy) is 1. The van der Waals surface area contributed by atoms with Crippen LogP contribution in [0.3, 0.4) is 0 Å². The van der Waals surface area contributed by atoms with Gasteiger partial charge in [-0.3, -0.25) is 9.69 Å². The van der Waals surface area contributed by atoms with Gasteiger partial charge in [0.25, 0.3) is 0 Å². The minimum atomic E-state index is -0.190. The van der Waals surface area contributed by atoms with Gasteiger partial charge in [0.2, 0.25) is 0 Å². The zero-order valence-electron chi connectivity index (χ0n) is 10.3. The highest BCUT2D eigenvalue weighted by Crippen LogP contribution is 2.04. The van der Waals surface area contributed by atoms with Crippen molar-refractivity contribution in [3.05, 3.63) is 48.6 Å². The van der Waals surface area contributed by atoms with E-state index in [1.807, 2.05) is 42.2 Å². The van der Waals surface area contributed by atoms with Gasteiger partial charge in [0, 0.05) is 13.1 Å². The van der Waals surface area contributed by atoms with Crippen LogP contribution in [0.5, 0.6) is 0 Å². The van der Waals surface area contributed by atoms with Gasteiger partial charge in [-0.1, -0.05) is 36.4 Å². The van der Waals surface area contributed by atoms with Crippen molar-refractivity contribution in [3.8, 4) is 0 Å². The van der Waals surface area contributed by atoms with Crippen molar-refractivity contribution < 1.29 is 9.53 Å². The van der Waals surface area contributed by atoms with Crippen LogP contribution < -0.4 is 0 Å². The molecular formula is C14H19NO2. The highest BCUT2D eigenvalue weighted by Gasteiger charge is 2.10. The summed E-state index contributed by atoms with van der Waals surface area (Å²) in [6.07, 6.45) is 1.79. The number of esters is 1. The molecule has 0 spiro atoms. The summed E-state index contributed by atoms with van der Waals surface area (Å²) >= 11 is 0. The van der Waals surface area contributed by atoms with E-state index in [9.17, 15) is 4.79 Å². The highest BCUT2D eigenvalue weighted by molar-refractivity contribution is 5.71. The van der Waals surface area contributed by atoms with Gasteiger partial charge in [0.05, 0.1) is 13.2 Å². The third-order valence-corrected chi connectivity index (χ3v) is 2.29. The van der Waals surface area contributed by atoms with E-state index in [0.29, 0.717) is 19.7 Å². The predicted octanol–water partition coefficient (Wildman–Crippen LogP) is 2.24. The average Bonchev–Trinajstić information content (AvgIpc) is 2.31. The molecule has 0 saturated heterocycles. The molecule has 3 heteroatoms. The summed E-state index contributed by atoms with van der Waals surface area (Å²) in [6, 6.07) is 10.0. The van der Waals surface area contributed by atoms with Gasteiger partial charge in [-0.25, -0.2) is 0 Å². The summed E-state index contributed by atoms with van der Waals surface area (Å²) in [6.45, 7) is 7.64. The maximum Gasteiger partial charge on any atom is 0.320 e. The van der Waals surface area contributed by atoms with Crippen molar-refractivity contribution in [2.75, 3.05) is 19.7 Å². The van der Waals surface area contributed by atoms with Crippen LogP contribution in [0.1, 0.15) is 12.5 Å². The van der Waals surface area contributed by atoms with Crippen LogP contribution in [-0.4, -0.2) is 30.6 Å². The first kappa shape index (κ1) is 13.5. The summed E-state index contributed by atoms with van der Waals surface area (Å²) in [7, 11) is 0. The molecule has 0 aromatic heterocycles. The van der Waals surface area contributed by atoms with Crippen molar-refractivity contribution in [2.24, 2.45) is 0 Å². The normalized spacial score (nSPS) is 10.2. The Morgan fingerprint density at radius 1 is 1.41 bits per heavy atom. The molecule has 0 bridgehead atoms. The van der Waals surface area contributed by atoms with Crippen LogP contribution in [-0.2, 0) is 16.1 Å². The number of hydrogen-bond acceptors (Lipinski definition) is 3. The zero-order valence-corrected chi connectivity index (χ0v) is 10.3. The lowest BCUT2D eigenvalue weighted by molar-refractivity contribution is -0.144. The topological polar surface area (TPSA) is 29.5 Å². The lowest BCUT2D eigenvalue weighted by atomic mass is 10.2. The fourth-order valence-electron chi connectivity index (χ4n) is 1.60. The second-order valence-electron chi connectivity index (χ2n) is 3.75. The van der Waals surface area contributed by atoms with Gasteiger partial charge in [-0.15, -0.1) is 6.58 Å². The Balaban J connectivity index is 2.54. The van der Waals surface area contributed by atoms with Gasteiger partial charge in [-0.2, -0.15) is 0 Å². The Bertz CT molecular complexity index is 348. The third-order valence-electron chi connectivity index (χ3n) is 2.29. The fraction of sp³-hybridized carbons (Fsp3) is 0.357. The summed E-state index contributed by atoms with van der Waals surface area (Å²) in [5, 5.41) is 0. The number of carbonyl (C=O) groups excluding carboxylic acids is 1. The Kier molecular flexibility index (Phi) is 6.04. The van der Waals surface area contributed by atoms with Crippen molar-refractivity contribution in [1.29, 1.82) is 0 Å². The Morgan fingerprint density at radius 2 is 2.12 bits per heavy atom. The van der Waals surface area contributed by atoms with Crippen LogP contribution in [0.15, 0.2) is 43.0 Å². The predicted molar refractivity (Wildman–Crippen MR) is 68.5 cm³/mol. The summed E-state index contributed by atoms with van der Waals surface area (Å²) < 4.78 is 4.94. The molecule has 1 aromatic carbocycles. The molecule has 0 N–H and O–H groups in total. The quantitative estimate of drug-likeness (QED) is 0.534.